The van der Waals surface area contributed by atoms with Crippen LogP contribution in [0.2, 0.25) is 0 Å². The Balaban J connectivity index is 1.99. The SMILES string of the molecule is CC(C)C1=C2C3=CC=C(C(=O)NCCO)CC(O)C3CCC2(C)CC1. The minimum absolute atomic E-state index is 0.0751. The standard InChI is InChI=1S/C21H31NO3/c1-13(2)15-6-8-21(3)9-7-16-17(19(15)21)5-4-14(12-18(16)24)20(25)22-10-11-23/h4-5,13,16,18,23-24H,6-12H2,1-3H3,(H,22,25). The van der Waals surface area contributed by atoms with Gasteiger partial charge in [-0.2, -0.15) is 0 Å². The van der Waals surface area contributed by atoms with Crippen LogP contribution in [0.1, 0.15) is 52.9 Å². The van der Waals surface area contributed by atoms with Crippen molar-refractivity contribution in [2.24, 2.45) is 17.3 Å². The van der Waals surface area contributed by atoms with E-state index in [0.717, 1.165) is 19.3 Å². The van der Waals surface area contributed by atoms with E-state index >= 15 is 0 Å². The first-order chi connectivity index (χ1) is 11.9. The van der Waals surface area contributed by atoms with Crippen LogP contribution < -0.4 is 5.32 Å². The van der Waals surface area contributed by atoms with Gasteiger partial charge in [-0.3, -0.25) is 4.79 Å². The fourth-order valence-corrected chi connectivity index (χ4v) is 4.91. The molecule has 3 aliphatic rings. The molecule has 0 saturated heterocycles. The summed E-state index contributed by atoms with van der Waals surface area (Å²) in [4.78, 5) is 12.3. The van der Waals surface area contributed by atoms with Crippen LogP contribution in [0.15, 0.2) is 34.4 Å². The van der Waals surface area contributed by atoms with Crippen molar-refractivity contribution in [1.29, 1.82) is 0 Å². The lowest BCUT2D eigenvalue weighted by Gasteiger charge is -2.41. The van der Waals surface area contributed by atoms with Gasteiger partial charge in [0.05, 0.1) is 12.7 Å². The number of aliphatic hydroxyl groups excluding tert-OH is 2. The van der Waals surface area contributed by atoms with E-state index in [2.05, 4.69) is 32.2 Å². The molecule has 0 heterocycles. The van der Waals surface area contributed by atoms with E-state index in [4.69, 9.17) is 5.11 Å². The fourth-order valence-electron chi connectivity index (χ4n) is 4.91. The van der Waals surface area contributed by atoms with Gasteiger partial charge in [0.1, 0.15) is 0 Å². The van der Waals surface area contributed by atoms with Gasteiger partial charge in [-0.15, -0.1) is 0 Å². The zero-order valence-corrected chi connectivity index (χ0v) is 15.6. The van der Waals surface area contributed by atoms with Crippen LogP contribution in [0.3, 0.4) is 0 Å². The summed E-state index contributed by atoms with van der Waals surface area (Å²) in [6.45, 7) is 7.05. The molecule has 0 spiro atoms. The zero-order valence-electron chi connectivity index (χ0n) is 15.6. The first kappa shape index (κ1) is 18.4. The van der Waals surface area contributed by atoms with Gasteiger partial charge in [0, 0.05) is 24.5 Å². The van der Waals surface area contributed by atoms with Crippen LogP contribution in [-0.4, -0.2) is 35.4 Å². The molecule has 3 unspecified atom stereocenters. The van der Waals surface area contributed by atoms with Gasteiger partial charge in [-0.1, -0.05) is 38.5 Å². The van der Waals surface area contributed by atoms with E-state index in [1.807, 2.05) is 6.08 Å². The molecule has 0 radical (unpaired) electrons. The summed E-state index contributed by atoms with van der Waals surface area (Å²) in [5.74, 6) is 0.457. The van der Waals surface area contributed by atoms with E-state index in [1.54, 1.807) is 0 Å². The monoisotopic (exact) mass is 345 g/mol. The predicted molar refractivity (Wildman–Crippen MR) is 98.8 cm³/mol. The van der Waals surface area contributed by atoms with E-state index in [-0.39, 0.29) is 30.4 Å². The summed E-state index contributed by atoms with van der Waals surface area (Å²) in [5, 5.41) is 22.4. The molecule has 1 amide bonds. The Kier molecular flexibility index (Phi) is 5.21. The summed E-state index contributed by atoms with van der Waals surface area (Å²) in [6.07, 6.45) is 8.28. The molecule has 3 N–H and O–H groups in total. The maximum atomic E-state index is 12.3. The first-order valence-corrected chi connectivity index (χ1v) is 9.59. The Bertz CT molecular complexity index is 644. The highest BCUT2D eigenvalue weighted by atomic mass is 16.3. The second-order valence-electron chi connectivity index (χ2n) is 8.33. The highest BCUT2D eigenvalue weighted by molar-refractivity contribution is 5.94. The van der Waals surface area contributed by atoms with Crippen LogP contribution in [0.5, 0.6) is 0 Å². The number of nitrogens with one attached hydrogen (secondary N) is 1. The predicted octanol–water partition coefficient (Wildman–Crippen LogP) is 2.88. The van der Waals surface area contributed by atoms with Crippen LogP contribution >= 0.6 is 0 Å². The number of rotatable bonds is 4. The van der Waals surface area contributed by atoms with Crippen molar-refractivity contribution in [3.8, 4) is 0 Å². The van der Waals surface area contributed by atoms with Gasteiger partial charge in [-0.05, 0) is 48.2 Å². The Labute approximate surface area is 150 Å². The number of hydrogen-bond donors (Lipinski definition) is 3. The number of hydrogen-bond acceptors (Lipinski definition) is 3. The molecule has 0 aromatic rings. The molecule has 0 aromatic carbocycles. The van der Waals surface area contributed by atoms with E-state index in [0.29, 0.717) is 17.9 Å². The Morgan fingerprint density at radius 2 is 2.12 bits per heavy atom. The maximum absolute atomic E-state index is 12.3. The van der Waals surface area contributed by atoms with Gasteiger partial charge >= 0.3 is 0 Å². The van der Waals surface area contributed by atoms with Crippen LogP contribution in [-0.2, 0) is 4.79 Å². The van der Waals surface area contributed by atoms with Crippen molar-refractivity contribution in [1.82, 2.24) is 5.32 Å². The van der Waals surface area contributed by atoms with E-state index in [9.17, 15) is 9.90 Å². The largest absolute Gasteiger partial charge is 0.395 e. The quantitative estimate of drug-likeness (QED) is 0.734. The second kappa shape index (κ2) is 7.08. The molecule has 3 atom stereocenters. The summed E-state index contributed by atoms with van der Waals surface area (Å²) >= 11 is 0. The van der Waals surface area contributed by atoms with Crippen molar-refractivity contribution in [2.75, 3.05) is 13.2 Å². The number of amides is 1. The van der Waals surface area contributed by atoms with Gasteiger partial charge in [-0.25, -0.2) is 0 Å². The van der Waals surface area contributed by atoms with Gasteiger partial charge < -0.3 is 15.5 Å². The third-order valence-corrected chi connectivity index (χ3v) is 6.31. The highest BCUT2D eigenvalue weighted by Crippen LogP contribution is 2.57. The molecule has 4 nitrogen and oxygen atoms in total. The minimum Gasteiger partial charge on any atom is -0.395 e. The lowest BCUT2D eigenvalue weighted by molar-refractivity contribution is -0.118. The summed E-state index contributed by atoms with van der Waals surface area (Å²) in [7, 11) is 0. The molecule has 0 bridgehead atoms. The van der Waals surface area contributed by atoms with Gasteiger partial charge in [0.25, 0.3) is 0 Å². The van der Waals surface area contributed by atoms with Crippen molar-refractivity contribution in [3.63, 3.8) is 0 Å². The molecule has 138 valence electrons. The molecule has 3 rings (SSSR count). The third-order valence-electron chi connectivity index (χ3n) is 6.31. The second-order valence-corrected chi connectivity index (χ2v) is 8.33. The van der Waals surface area contributed by atoms with Gasteiger partial charge in [0.2, 0.25) is 5.91 Å². The van der Waals surface area contributed by atoms with E-state index < -0.39 is 6.10 Å². The lowest BCUT2D eigenvalue weighted by Crippen LogP contribution is -2.34. The molecule has 1 fully saturated rings. The molecule has 25 heavy (non-hydrogen) atoms. The topological polar surface area (TPSA) is 69.6 Å². The number of carbonyl (C=O) groups is 1. The van der Waals surface area contributed by atoms with Crippen LogP contribution in [0.4, 0.5) is 0 Å². The maximum Gasteiger partial charge on any atom is 0.247 e. The Morgan fingerprint density at radius 1 is 1.36 bits per heavy atom. The van der Waals surface area contributed by atoms with Crippen molar-refractivity contribution in [2.45, 2.75) is 59.0 Å². The van der Waals surface area contributed by atoms with Crippen molar-refractivity contribution >= 4 is 5.91 Å². The van der Waals surface area contributed by atoms with Gasteiger partial charge in [0.15, 0.2) is 0 Å². The molecular formula is C21H31NO3. The average Bonchev–Trinajstić information content (AvgIpc) is 2.84. The van der Waals surface area contributed by atoms with Crippen molar-refractivity contribution < 1.29 is 15.0 Å². The first-order valence-electron chi connectivity index (χ1n) is 9.59. The molecular weight excluding hydrogens is 314 g/mol. The smallest absolute Gasteiger partial charge is 0.247 e. The summed E-state index contributed by atoms with van der Waals surface area (Å²) in [6, 6.07) is 0. The Hall–Kier alpha value is -1.39. The fraction of sp³-hybridized carbons (Fsp3) is 0.667. The molecule has 0 aliphatic heterocycles. The lowest BCUT2D eigenvalue weighted by atomic mass is 9.64. The molecule has 4 heteroatoms. The van der Waals surface area contributed by atoms with Crippen LogP contribution in [0.25, 0.3) is 0 Å². The molecule has 1 saturated carbocycles. The zero-order chi connectivity index (χ0) is 18.2. The normalized spacial score (nSPS) is 31.9. The van der Waals surface area contributed by atoms with Crippen molar-refractivity contribution in [3.05, 3.63) is 34.4 Å². The average molecular weight is 345 g/mol. The highest BCUT2D eigenvalue weighted by Gasteiger charge is 2.46. The molecule has 0 aromatic heterocycles. The summed E-state index contributed by atoms with van der Waals surface area (Å²) < 4.78 is 0. The number of allylic oxidation sites excluding steroid dienone is 4. The number of carbonyl (C=O) groups excluding carboxylic acids is 1. The molecule has 3 aliphatic carbocycles. The third kappa shape index (κ3) is 3.34. The Morgan fingerprint density at radius 3 is 2.80 bits per heavy atom. The number of fused-ring (bicyclic) bond motifs is 3. The summed E-state index contributed by atoms with van der Waals surface area (Å²) in [5.41, 5.74) is 5.08. The van der Waals surface area contributed by atoms with Crippen LogP contribution in [0, 0.1) is 17.3 Å². The van der Waals surface area contributed by atoms with E-state index in [1.165, 1.54) is 23.1 Å². The number of aliphatic hydroxyl groups is 2. The minimum atomic E-state index is -0.522.